The zero-order chi connectivity index (χ0) is 16.5. The van der Waals surface area contributed by atoms with E-state index in [9.17, 15) is 4.79 Å². The summed E-state index contributed by atoms with van der Waals surface area (Å²) in [5.41, 5.74) is 1.56. The number of methoxy groups -OCH3 is 1. The van der Waals surface area contributed by atoms with E-state index in [2.05, 4.69) is 27.5 Å². The van der Waals surface area contributed by atoms with Crippen molar-refractivity contribution in [2.24, 2.45) is 0 Å². The molecule has 122 valence electrons. The summed E-state index contributed by atoms with van der Waals surface area (Å²) < 4.78 is 5.12. The Kier molecular flexibility index (Phi) is 6.35. The minimum Gasteiger partial charge on any atom is -0.497 e. The zero-order valence-electron chi connectivity index (χ0n) is 13.5. The van der Waals surface area contributed by atoms with Gasteiger partial charge in [0.1, 0.15) is 5.75 Å². The summed E-state index contributed by atoms with van der Waals surface area (Å²) in [6.45, 7) is 3.36. The van der Waals surface area contributed by atoms with Crippen LogP contribution in [0.3, 0.4) is 0 Å². The Labute approximate surface area is 136 Å². The molecule has 0 atom stereocenters. The molecule has 0 fully saturated rings. The highest BCUT2D eigenvalue weighted by atomic mass is 16.5. The van der Waals surface area contributed by atoms with Gasteiger partial charge < -0.3 is 15.4 Å². The minimum absolute atomic E-state index is 0.139. The molecule has 0 spiro atoms. The molecule has 1 heterocycles. The van der Waals surface area contributed by atoms with Gasteiger partial charge in [0.25, 0.3) is 5.91 Å². The topological polar surface area (TPSA) is 76.1 Å². The maximum atomic E-state index is 11.8. The number of hydrogen-bond donors (Lipinski definition) is 2. The number of nitrogens with zero attached hydrogens (tertiary/aromatic N) is 2. The molecule has 0 aliphatic heterocycles. The van der Waals surface area contributed by atoms with E-state index >= 15 is 0 Å². The number of ether oxygens (including phenoxy) is 1. The lowest BCUT2D eigenvalue weighted by molar-refractivity contribution is 0.0952. The fourth-order valence-electron chi connectivity index (χ4n) is 1.94. The maximum absolute atomic E-state index is 11.8. The van der Waals surface area contributed by atoms with Crippen molar-refractivity contribution in [3.63, 3.8) is 0 Å². The maximum Gasteiger partial charge on any atom is 0.254 e. The molecule has 0 aliphatic carbocycles. The molecule has 0 unspecified atom stereocenters. The summed E-state index contributed by atoms with van der Waals surface area (Å²) in [6.07, 6.45) is 5.08. The monoisotopic (exact) mass is 314 g/mol. The Balaban J connectivity index is 1.85. The van der Waals surface area contributed by atoms with Crippen LogP contribution >= 0.6 is 0 Å². The molecule has 0 saturated heterocycles. The fraction of sp³-hybridized carbons (Fsp3) is 0.353. The number of carbonyl (C=O) groups is 1. The Morgan fingerprint density at radius 3 is 2.48 bits per heavy atom. The summed E-state index contributed by atoms with van der Waals surface area (Å²) >= 11 is 0. The second-order valence-electron chi connectivity index (χ2n) is 5.11. The van der Waals surface area contributed by atoms with Gasteiger partial charge in [-0.2, -0.15) is 0 Å². The fourth-order valence-corrected chi connectivity index (χ4v) is 1.94. The van der Waals surface area contributed by atoms with Crippen LogP contribution < -0.4 is 15.4 Å². The SMILES string of the molecule is CCCCNC(=O)c1cnc(NCc2ccc(OC)cc2)nc1. The van der Waals surface area contributed by atoms with Crippen LogP contribution in [0.5, 0.6) is 5.75 Å². The van der Waals surface area contributed by atoms with Crippen molar-refractivity contribution in [1.82, 2.24) is 15.3 Å². The number of hydrogen-bond acceptors (Lipinski definition) is 5. The third-order valence-electron chi connectivity index (χ3n) is 3.34. The molecular formula is C17H22N4O2. The first-order chi connectivity index (χ1) is 11.2. The molecular weight excluding hydrogens is 292 g/mol. The first-order valence-corrected chi connectivity index (χ1v) is 7.70. The van der Waals surface area contributed by atoms with Gasteiger partial charge in [0.2, 0.25) is 5.95 Å². The zero-order valence-corrected chi connectivity index (χ0v) is 13.5. The largest absolute Gasteiger partial charge is 0.497 e. The predicted octanol–water partition coefficient (Wildman–Crippen LogP) is 2.63. The van der Waals surface area contributed by atoms with Gasteiger partial charge in [0, 0.05) is 25.5 Å². The van der Waals surface area contributed by atoms with Gasteiger partial charge in [-0.15, -0.1) is 0 Å². The van der Waals surface area contributed by atoms with Crippen LogP contribution in [0.4, 0.5) is 5.95 Å². The lowest BCUT2D eigenvalue weighted by Gasteiger charge is -2.07. The average molecular weight is 314 g/mol. The van der Waals surface area contributed by atoms with Crippen LogP contribution in [-0.4, -0.2) is 29.5 Å². The highest BCUT2D eigenvalue weighted by molar-refractivity contribution is 5.93. The summed E-state index contributed by atoms with van der Waals surface area (Å²) in [7, 11) is 1.64. The Bertz CT molecular complexity index is 611. The number of rotatable bonds is 8. The van der Waals surface area contributed by atoms with Gasteiger partial charge in [-0.25, -0.2) is 9.97 Å². The van der Waals surface area contributed by atoms with Crippen molar-refractivity contribution in [2.45, 2.75) is 26.3 Å². The number of unbranched alkanes of at least 4 members (excludes halogenated alkanes) is 1. The van der Waals surface area contributed by atoms with E-state index in [1.807, 2.05) is 24.3 Å². The molecule has 0 saturated carbocycles. The van der Waals surface area contributed by atoms with Crippen molar-refractivity contribution in [2.75, 3.05) is 19.0 Å². The van der Waals surface area contributed by atoms with Gasteiger partial charge >= 0.3 is 0 Å². The van der Waals surface area contributed by atoms with E-state index in [4.69, 9.17) is 4.74 Å². The standard InChI is InChI=1S/C17H22N4O2/c1-3-4-9-18-16(22)14-11-20-17(21-12-14)19-10-13-5-7-15(23-2)8-6-13/h5-8,11-12H,3-4,9-10H2,1-2H3,(H,18,22)(H,19,20,21). The molecule has 1 aromatic heterocycles. The van der Waals surface area contributed by atoms with Crippen LogP contribution in [0.1, 0.15) is 35.7 Å². The molecule has 6 heteroatoms. The smallest absolute Gasteiger partial charge is 0.254 e. The van der Waals surface area contributed by atoms with E-state index in [0.717, 1.165) is 24.2 Å². The lowest BCUT2D eigenvalue weighted by atomic mass is 10.2. The van der Waals surface area contributed by atoms with Gasteiger partial charge in [-0.05, 0) is 24.1 Å². The second-order valence-corrected chi connectivity index (χ2v) is 5.11. The highest BCUT2D eigenvalue weighted by Crippen LogP contribution is 2.12. The average Bonchev–Trinajstić information content (AvgIpc) is 2.61. The molecule has 0 bridgehead atoms. The van der Waals surface area contributed by atoms with E-state index in [1.54, 1.807) is 7.11 Å². The van der Waals surface area contributed by atoms with Crippen molar-refractivity contribution < 1.29 is 9.53 Å². The number of carbonyl (C=O) groups excluding carboxylic acids is 1. The number of amides is 1. The minimum atomic E-state index is -0.139. The van der Waals surface area contributed by atoms with Gasteiger partial charge in [-0.1, -0.05) is 25.5 Å². The number of anilines is 1. The third-order valence-corrected chi connectivity index (χ3v) is 3.34. The lowest BCUT2D eigenvalue weighted by Crippen LogP contribution is -2.24. The van der Waals surface area contributed by atoms with Crippen LogP contribution in [-0.2, 0) is 6.54 Å². The van der Waals surface area contributed by atoms with Crippen LogP contribution in [0.25, 0.3) is 0 Å². The van der Waals surface area contributed by atoms with Crippen LogP contribution in [0.15, 0.2) is 36.7 Å². The Morgan fingerprint density at radius 1 is 1.17 bits per heavy atom. The van der Waals surface area contributed by atoms with E-state index in [1.165, 1.54) is 12.4 Å². The summed E-state index contributed by atoms with van der Waals surface area (Å²) in [5, 5.41) is 5.96. The summed E-state index contributed by atoms with van der Waals surface area (Å²) in [5.74, 6) is 1.18. The number of aromatic nitrogens is 2. The summed E-state index contributed by atoms with van der Waals surface area (Å²) in [4.78, 5) is 20.2. The first kappa shape index (κ1) is 16.7. The van der Waals surface area contributed by atoms with E-state index in [-0.39, 0.29) is 5.91 Å². The molecule has 6 nitrogen and oxygen atoms in total. The van der Waals surface area contributed by atoms with Gasteiger partial charge in [-0.3, -0.25) is 4.79 Å². The second kappa shape index (κ2) is 8.73. The van der Waals surface area contributed by atoms with Crippen molar-refractivity contribution >= 4 is 11.9 Å². The van der Waals surface area contributed by atoms with E-state index in [0.29, 0.717) is 24.6 Å². The molecule has 0 aliphatic rings. The predicted molar refractivity (Wildman–Crippen MR) is 89.6 cm³/mol. The van der Waals surface area contributed by atoms with Crippen molar-refractivity contribution in [1.29, 1.82) is 0 Å². The summed E-state index contributed by atoms with van der Waals surface area (Å²) in [6, 6.07) is 7.76. The molecule has 2 rings (SSSR count). The molecule has 0 radical (unpaired) electrons. The van der Waals surface area contributed by atoms with Gasteiger partial charge in [0.05, 0.1) is 12.7 Å². The van der Waals surface area contributed by atoms with Crippen LogP contribution in [0.2, 0.25) is 0 Å². The quantitative estimate of drug-likeness (QED) is 0.733. The number of benzene rings is 1. The molecule has 1 amide bonds. The number of nitrogens with one attached hydrogen (secondary N) is 2. The van der Waals surface area contributed by atoms with Gasteiger partial charge in [0.15, 0.2) is 0 Å². The molecule has 2 aromatic rings. The normalized spacial score (nSPS) is 10.2. The first-order valence-electron chi connectivity index (χ1n) is 7.70. The highest BCUT2D eigenvalue weighted by Gasteiger charge is 2.06. The molecule has 2 N–H and O–H groups in total. The molecule has 23 heavy (non-hydrogen) atoms. The Morgan fingerprint density at radius 2 is 1.87 bits per heavy atom. The van der Waals surface area contributed by atoms with Crippen molar-refractivity contribution in [3.05, 3.63) is 47.8 Å². The van der Waals surface area contributed by atoms with E-state index < -0.39 is 0 Å². The van der Waals surface area contributed by atoms with Crippen LogP contribution in [0, 0.1) is 0 Å². The third kappa shape index (κ3) is 5.25. The Hall–Kier alpha value is -2.63. The molecule has 1 aromatic carbocycles. The van der Waals surface area contributed by atoms with Crippen molar-refractivity contribution in [3.8, 4) is 5.75 Å².